The lowest BCUT2D eigenvalue weighted by atomic mass is 10.1. The van der Waals surface area contributed by atoms with E-state index in [2.05, 4.69) is 31.4 Å². The minimum Gasteiger partial charge on any atom is -0.478 e. The second-order valence-electron chi connectivity index (χ2n) is 5.50. The molecule has 0 aromatic carbocycles. The van der Waals surface area contributed by atoms with Crippen molar-refractivity contribution in [3.05, 3.63) is 37.0 Å². The zero-order valence-electron chi connectivity index (χ0n) is 16.6. The number of carboxylic acids is 1. The van der Waals surface area contributed by atoms with Gasteiger partial charge in [0.1, 0.15) is 0 Å². The number of methoxy groups -OCH3 is 1. The molecule has 0 fully saturated rings. The Labute approximate surface area is 157 Å². The van der Waals surface area contributed by atoms with Gasteiger partial charge in [0.05, 0.1) is 13.7 Å². The molecule has 0 saturated carbocycles. The minimum atomic E-state index is -0.935. The molecule has 0 rings (SSSR count). The van der Waals surface area contributed by atoms with Gasteiger partial charge in [0.15, 0.2) is 0 Å². The average Bonchev–Trinajstić information content (AvgIpc) is 2.60. The van der Waals surface area contributed by atoms with Gasteiger partial charge in [0, 0.05) is 17.2 Å². The Morgan fingerprint density at radius 1 is 0.962 bits per heavy atom. The van der Waals surface area contributed by atoms with E-state index >= 15 is 0 Å². The van der Waals surface area contributed by atoms with E-state index < -0.39 is 11.9 Å². The standard InChI is InChI=1S/C12H22O2.2C4H6O2/c1-4-5-6-7-8-9-10-14-12(13)11(2)3;1-3-4(5)6-2;1-3(2)4(5)6/h2,4-10H2,1,3H3;3H,1H2,2H3;1H2,2H3,(H,5,6). The Morgan fingerprint density at radius 3 is 1.73 bits per heavy atom. The highest BCUT2D eigenvalue weighted by Gasteiger charge is 2.01. The molecule has 0 aliphatic carbocycles. The summed E-state index contributed by atoms with van der Waals surface area (Å²) in [6.07, 6.45) is 8.37. The lowest BCUT2D eigenvalue weighted by molar-refractivity contribution is -0.139. The monoisotopic (exact) mass is 370 g/mol. The fourth-order valence-corrected chi connectivity index (χ4v) is 1.25. The zero-order chi connectivity index (χ0) is 21.0. The summed E-state index contributed by atoms with van der Waals surface area (Å²) in [6.45, 7) is 15.7. The van der Waals surface area contributed by atoms with Crippen molar-refractivity contribution in [3.63, 3.8) is 0 Å². The lowest BCUT2D eigenvalue weighted by Crippen LogP contribution is -2.05. The predicted molar refractivity (Wildman–Crippen MR) is 104 cm³/mol. The van der Waals surface area contributed by atoms with Gasteiger partial charge >= 0.3 is 17.9 Å². The highest BCUT2D eigenvalue weighted by molar-refractivity contribution is 5.86. The van der Waals surface area contributed by atoms with E-state index in [1.807, 2.05) is 0 Å². The Kier molecular flexibility index (Phi) is 22.6. The number of rotatable bonds is 10. The lowest BCUT2D eigenvalue weighted by Gasteiger charge is -2.03. The summed E-state index contributed by atoms with van der Waals surface area (Å²) >= 11 is 0. The largest absolute Gasteiger partial charge is 0.478 e. The summed E-state index contributed by atoms with van der Waals surface area (Å²) in [5.41, 5.74) is 0.658. The van der Waals surface area contributed by atoms with Gasteiger partial charge in [-0.05, 0) is 20.3 Å². The molecule has 0 aliphatic rings. The van der Waals surface area contributed by atoms with Gasteiger partial charge < -0.3 is 14.6 Å². The first-order valence-electron chi connectivity index (χ1n) is 8.55. The number of ether oxygens (including phenoxy) is 2. The number of aliphatic carboxylic acids is 1. The van der Waals surface area contributed by atoms with Gasteiger partial charge in [-0.1, -0.05) is 58.8 Å². The third-order valence-electron chi connectivity index (χ3n) is 2.81. The molecule has 0 aromatic rings. The van der Waals surface area contributed by atoms with Gasteiger partial charge in [-0.15, -0.1) is 0 Å². The van der Waals surface area contributed by atoms with Crippen LogP contribution in [0.3, 0.4) is 0 Å². The van der Waals surface area contributed by atoms with Crippen LogP contribution in [0.5, 0.6) is 0 Å². The van der Waals surface area contributed by atoms with E-state index in [0.29, 0.717) is 12.2 Å². The van der Waals surface area contributed by atoms with E-state index in [4.69, 9.17) is 9.84 Å². The van der Waals surface area contributed by atoms with Gasteiger partial charge in [0.2, 0.25) is 0 Å². The van der Waals surface area contributed by atoms with Gasteiger partial charge in [-0.25, -0.2) is 14.4 Å². The van der Waals surface area contributed by atoms with Crippen molar-refractivity contribution in [2.45, 2.75) is 59.3 Å². The molecule has 0 saturated heterocycles. The summed E-state index contributed by atoms with van der Waals surface area (Å²) < 4.78 is 9.11. The molecule has 0 aromatic heterocycles. The normalized spacial score (nSPS) is 8.62. The van der Waals surface area contributed by atoms with Crippen LogP contribution in [0.25, 0.3) is 0 Å². The van der Waals surface area contributed by atoms with Crippen molar-refractivity contribution in [2.75, 3.05) is 13.7 Å². The van der Waals surface area contributed by atoms with Crippen LogP contribution in [0.2, 0.25) is 0 Å². The van der Waals surface area contributed by atoms with Crippen LogP contribution in [0.4, 0.5) is 0 Å². The molecule has 0 unspecified atom stereocenters. The summed E-state index contributed by atoms with van der Waals surface area (Å²) in [5.74, 6) is -1.59. The van der Waals surface area contributed by atoms with Crippen molar-refractivity contribution in [3.8, 4) is 0 Å². The van der Waals surface area contributed by atoms with E-state index in [9.17, 15) is 14.4 Å². The van der Waals surface area contributed by atoms with Crippen LogP contribution in [-0.2, 0) is 23.9 Å². The number of esters is 2. The van der Waals surface area contributed by atoms with Crippen LogP contribution in [0.15, 0.2) is 37.0 Å². The molecule has 150 valence electrons. The summed E-state index contributed by atoms with van der Waals surface area (Å²) in [4.78, 5) is 30.4. The third-order valence-corrected chi connectivity index (χ3v) is 2.81. The average molecular weight is 370 g/mol. The number of carboxylic acid groups (broad SMARTS) is 1. The van der Waals surface area contributed by atoms with Crippen LogP contribution >= 0.6 is 0 Å². The molecule has 0 atom stereocenters. The summed E-state index contributed by atoms with van der Waals surface area (Å²) in [5, 5.41) is 7.89. The van der Waals surface area contributed by atoms with E-state index in [-0.39, 0.29) is 11.5 Å². The molecule has 0 radical (unpaired) electrons. The first-order chi connectivity index (χ1) is 12.1. The third kappa shape index (κ3) is 26.5. The van der Waals surface area contributed by atoms with Gasteiger partial charge in [-0.2, -0.15) is 0 Å². The molecule has 26 heavy (non-hydrogen) atoms. The molecular formula is C20H34O6. The first-order valence-corrected chi connectivity index (χ1v) is 8.55. The summed E-state index contributed by atoms with van der Waals surface area (Å²) in [6, 6.07) is 0. The van der Waals surface area contributed by atoms with Crippen LogP contribution in [0.1, 0.15) is 59.3 Å². The fourth-order valence-electron chi connectivity index (χ4n) is 1.25. The number of carbonyl (C=O) groups excluding carboxylic acids is 2. The summed E-state index contributed by atoms with van der Waals surface area (Å²) in [7, 11) is 1.31. The predicted octanol–water partition coefficient (Wildman–Crippen LogP) is 4.46. The van der Waals surface area contributed by atoms with Gasteiger partial charge in [0.25, 0.3) is 0 Å². The van der Waals surface area contributed by atoms with Crippen molar-refractivity contribution in [1.82, 2.24) is 0 Å². The SMILES string of the molecule is C=C(C)C(=O)O.C=C(C)C(=O)OCCCCCCCC.C=CC(=O)OC. The van der Waals surface area contributed by atoms with Crippen molar-refractivity contribution in [2.24, 2.45) is 0 Å². The maximum absolute atomic E-state index is 11.0. The Bertz CT molecular complexity index is 436. The molecular weight excluding hydrogens is 336 g/mol. The minimum absolute atomic E-state index is 0.176. The Balaban J connectivity index is -0.000000364. The number of hydrogen-bond acceptors (Lipinski definition) is 5. The molecule has 1 N–H and O–H groups in total. The second kappa shape index (κ2) is 20.7. The number of hydrogen-bond donors (Lipinski definition) is 1. The molecule has 6 nitrogen and oxygen atoms in total. The van der Waals surface area contributed by atoms with E-state index in [1.165, 1.54) is 39.7 Å². The molecule has 6 heteroatoms. The molecule has 0 bridgehead atoms. The number of carbonyl (C=O) groups is 3. The Morgan fingerprint density at radius 2 is 1.42 bits per heavy atom. The fraction of sp³-hybridized carbons (Fsp3) is 0.550. The topological polar surface area (TPSA) is 89.9 Å². The molecule has 0 spiro atoms. The molecule has 0 amide bonds. The maximum atomic E-state index is 11.0. The smallest absolute Gasteiger partial charge is 0.333 e. The van der Waals surface area contributed by atoms with Crippen molar-refractivity contribution >= 4 is 17.9 Å². The van der Waals surface area contributed by atoms with E-state index in [0.717, 1.165) is 18.9 Å². The van der Waals surface area contributed by atoms with Crippen LogP contribution in [-0.4, -0.2) is 36.7 Å². The van der Waals surface area contributed by atoms with E-state index in [1.54, 1.807) is 6.92 Å². The molecule has 0 aliphatic heterocycles. The number of unbranched alkanes of at least 4 members (excludes halogenated alkanes) is 5. The highest BCUT2D eigenvalue weighted by Crippen LogP contribution is 2.05. The zero-order valence-corrected chi connectivity index (χ0v) is 16.6. The van der Waals surface area contributed by atoms with Gasteiger partial charge in [-0.3, -0.25) is 0 Å². The highest BCUT2D eigenvalue weighted by atomic mass is 16.5. The van der Waals surface area contributed by atoms with Crippen molar-refractivity contribution in [1.29, 1.82) is 0 Å². The second-order valence-corrected chi connectivity index (χ2v) is 5.50. The van der Waals surface area contributed by atoms with Crippen LogP contribution in [0, 0.1) is 0 Å². The quantitative estimate of drug-likeness (QED) is 0.347. The Hall–Kier alpha value is -2.37. The molecule has 0 heterocycles. The maximum Gasteiger partial charge on any atom is 0.333 e. The van der Waals surface area contributed by atoms with Crippen molar-refractivity contribution < 1.29 is 29.0 Å². The van der Waals surface area contributed by atoms with Crippen LogP contribution < -0.4 is 0 Å². The first kappa shape index (κ1) is 28.4.